The van der Waals surface area contributed by atoms with Crippen molar-refractivity contribution in [2.75, 3.05) is 18.0 Å². The Labute approximate surface area is 168 Å². The van der Waals surface area contributed by atoms with Gasteiger partial charge in [-0.25, -0.2) is 0 Å². The molecule has 0 spiro atoms. The van der Waals surface area contributed by atoms with E-state index in [1.807, 2.05) is 37.3 Å². The lowest BCUT2D eigenvalue weighted by molar-refractivity contribution is -0.122. The predicted molar refractivity (Wildman–Crippen MR) is 117 cm³/mol. The van der Waals surface area contributed by atoms with Gasteiger partial charge in [0.1, 0.15) is 4.32 Å². The molecule has 134 valence electrons. The number of para-hydroxylation sites is 1. The molecule has 2 aliphatic rings. The third-order valence-corrected chi connectivity index (χ3v) is 6.49. The van der Waals surface area contributed by atoms with Crippen molar-refractivity contribution in [3.8, 4) is 0 Å². The molecule has 1 aromatic rings. The summed E-state index contributed by atoms with van der Waals surface area (Å²) in [6.07, 6.45) is 11.8. The highest BCUT2D eigenvalue weighted by Gasteiger charge is 2.29. The first-order valence-corrected chi connectivity index (χ1v) is 10.5. The fraction of sp³-hybridized carbons (Fsp3) is 0.200. The van der Waals surface area contributed by atoms with Gasteiger partial charge >= 0.3 is 0 Å². The van der Waals surface area contributed by atoms with Gasteiger partial charge in [-0.1, -0.05) is 72.2 Å². The Kier molecular flexibility index (Phi) is 6.40. The van der Waals surface area contributed by atoms with Crippen molar-refractivity contribution in [1.29, 1.82) is 0 Å². The second-order valence-electron chi connectivity index (χ2n) is 5.54. The summed E-state index contributed by atoms with van der Waals surface area (Å²) in [4.78, 5) is 18.0. The number of thiocarbonyl (C=S) groups is 1. The van der Waals surface area contributed by atoms with Crippen LogP contribution in [0.4, 0.5) is 5.69 Å². The second kappa shape index (κ2) is 8.75. The van der Waals surface area contributed by atoms with Crippen LogP contribution in [-0.4, -0.2) is 28.2 Å². The van der Waals surface area contributed by atoms with Crippen molar-refractivity contribution < 1.29 is 4.79 Å². The van der Waals surface area contributed by atoms with Gasteiger partial charge in [0.15, 0.2) is 0 Å². The molecule has 26 heavy (non-hydrogen) atoms. The summed E-state index contributed by atoms with van der Waals surface area (Å²) >= 11 is 8.35. The molecule has 0 atom stereocenters. The van der Waals surface area contributed by atoms with E-state index in [4.69, 9.17) is 12.2 Å². The summed E-state index contributed by atoms with van der Waals surface area (Å²) in [6, 6.07) is 8.45. The number of allylic oxidation sites excluding steroid dienone is 6. The Bertz CT molecular complexity index is 839. The maximum Gasteiger partial charge on any atom is 0.266 e. The summed E-state index contributed by atoms with van der Waals surface area (Å²) in [6.45, 7) is 5.65. The summed E-state index contributed by atoms with van der Waals surface area (Å²) in [5.41, 5.74) is 1.27. The van der Waals surface area contributed by atoms with Gasteiger partial charge in [0, 0.05) is 18.0 Å². The number of carbonyl (C=O) groups is 1. The van der Waals surface area contributed by atoms with Crippen LogP contribution in [0.3, 0.4) is 0 Å². The van der Waals surface area contributed by atoms with Crippen LogP contribution in [0.5, 0.6) is 0 Å². The predicted octanol–water partition coefficient (Wildman–Crippen LogP) is 5.34. The minimum Gasteiger partial charge on any atom is -0.335 e. The molecule has 3 rings (SSSR count). The molecule has 3 nitrogen and oxygen atoms in total. The van der Waals surface area contributed by atoms with Gasteiger partial charge in [0.2, 0.25) is 0 Å². The number of anilines is 1. The number of benzene rings is 1. The van der Waals surface area contributed by atoms with E-state index in [1.165, 1.54) is 27.4 Å². The van der Waals surface area contributed by atoms with Crippen LogP contribution in [0, 0.1) is 0 Å². The Morgan fingerprint density at radius 1 is 0.962 bits per heavy atom. The fourth-order valence-electron chi connectivity index (χ4n) is 2.70. The molecule has 0 aromatic heterocycles. The quantitative estimate of drug-likeness (QED) is 0.377. The lowest BCUT2D eigenvalue weighted by Gasteiger charge is -2.17. The minimum absolute atomic E-state index is 0.00282. The SMILES string of the molecule is CCN1C(=O)/C(=C/C=C/C=C/C=C2/Sc3ccccc3N2CC)SC1=S. The standard InChI is InChI=1S/C20H20N2OS3/c1-3-21-15-11-9-10-12-16(15)25-18(21)14-8-6-5-7-13-17-19(23)22(4-2)20(24)26-17/h5-14H,3-4H2,1-2H3/b7-5+,8-6+,17-13-,18-14+. The van der Waals surface area contributed by atoms with Crippen LogP contribution < -0.4 is 4.90 Å². The summed E-state index contributed by atoms with van der Waals surface area (Å²) in [5, 5.41) is 1.22. The van der Waals surface area contributed by atoms with Crippen molar-refractivity contribution >= 4 is 51.7 Å². The Morgan fingerprint density at radius 3 is 2.35 bits per heavy atom. The van der Waals surface area contributed by atoms with E-state index in [-0.39, 0.29) is 5.91 Å². The van der Waals surface area contributed by atoms with E-state index in [9.17, 15) is 4.79 Å². The highest BCUT2D eigenvalue weighted by molar-refractivity contribution is 8.26. The number of hydrogen-bond acceptors (Lipinski definition) is 5. The number of fused-ring (bicyclic) bond motifs is 1. The van der Waals surface area contributed by atoms with E-state index in [2.05, 4.69) is 42.2 Å². The average molecular weight is 401 g/mol. The topological polar surface area (TPSA) is 23.6 Å². The van der Waals surface area contributed by atoms with E-state index in [0.29, 0.717) is 15.8 Å². The van der Waals surface area contributed by atoms with Gasteiger partial charge in [-0.2, -0.15) is 0 Å². The van der Waals surface area contributed by atoms with E-state index in [1.54, 1.807) is 16.7 Å². The molecular formula is C20H20N2OS3. The van der Waals surface area contributed by atoms with Crippen LogP contribution in [0.2, 0.25) is 0 Å². The third kappa shape index (κ3) is 3.98. The van der Waals surface area contributed by atoms with Gasteiger partial charge < -0.3 is 4.90 Å². The van der Waals surface area contributed by atoms with Crippen LogP contribution in [0.1, 0.15) is 13.8 Å². The summed E-state index contributed by atoms with van der Waals surface area (Å²) < 4.78 is 0.634. The lowest BCUT2D eigenvalue weighted by Crippen LogP contribution is -2.27. The minimum atomic E-state index is -0.00282. The van der Waals surface area contributed by atoms with Crippen LogP contribution >= 0.6 is 35.7 Å². The highest BCUT2D eigenvalue weighted by atomic mass is 32.2. The Hall–Kier alpha value is -1.76. The van der Waals surface area contributed by atoms with Crippen LogP contribution in [-0.2, 0) is 4.79 Å². The highest BCUT2D eigenvalue weighted by Crippen LogP contribution is 2.45. The molecule has 0 N–H and O–H groups in total. The molecule has 0 aliphatic carbocycles. The van der Waals surface area contributed by atoms with E-state index < -0.39 is 0 Å². The third-order valence-electron chi connectivity index (χ3n) is 3.96. The van der Waals surface area contributed by atoms with Crippen molar-refractivity contribution in [2.45, 2.75) is 18.7 Å². The Morgan fingerprint density at radius 2 is 1.65 bits per heavy atom. The molecule has 1 aromatic carbocycles. The number of likely N-dealkylation sites (N-methyl/N-ethyl adjacent to an activating group) is 1. The van der Waals surface area contributed by atoms with Gasteiger partial charge in [0.05, 0.1) is 15.6 Å². The average Bonchev–Trinajstić information content (AvgIpc) is 3.14. The van der Waals surface area contributed by atoms with Gasteiger partial charge in [-0.15, -0.1) is 0 Å². The van der Waals surface area contributed by atoms with Crippen LogP contribution in [0.25, 0.3) is 0 Å². The zero-order chi connectivity index (χ0) is 18.5. The number of carbonyl (C=O) groups excluding carboxylic acids is 1. The number of hydrogen-bond donors (Lipinski definition) is 0. The maximum absolute atomic E-state index is 12.1. The molecule has 1 amide bonds. The van der Waals surface area contributed by atoms with Crippen molar-refractivity contribution in [1.82, 2.24) is 4.90 Å². The van der Waals surface area contributed by atoms with E-state index >= 15 is 0 Å². The van der Waals surface area contributed by atoms with Crippen molar-refractivity contribution in [3.63, 3.8) is 0 Å². The van der Waals surface area contributed by atoms with Gasteiger partial charge in [-0.05, 0) is 38.1 Å². The zero-order valence-corrected chi connectivity index (χ0v) is 17.2. The largest absolute Gasteiger partial charge is 0.335 e. The number of amides is 1. The molecular weight excluding hydrogens is 380 g/mol. The number of rotatable bonds is 5. The smallest absolute Gasteiger partial charge is 0.266 e. The Balaban J connectivity index is 1.62. The van der Waals surface area contributed by atoms with Gasteiger partial charge in [0.25, 0.3) is 5.91 Å². The monoisotopic (exact) mass is 400 g/mol. The molecule has 1 fully saturated rings. The number of thioether (sulfide) groups is 2. The maximum atomic E-state index is 12.1. The summed E-state index contributed by atoms with van der Waals surface area (Å²) in [7, 11) is 0. The molecule has 0 unspecified atom stereocenters. The molecule has 0 bridgehead atoms. The molecule has 0 saturated carbocycles. The molecule has 0 radical (unpaired) electrons. The van der Waals surface area contributed by atoms with Crippen LogP contribution in [0.15, 0.2) is 75.6 Å². The molecule has 2 aliphatic heterocycles. The van der Waals surface area contributed by atoms with Gasteiger partial charge in [-0.3, -0.25) is 9.69 Å². The lowest BCUT2D eigenvalue weighted by atomic mass is 10.3. The van der Waals surface area contributed by atoms with Crippen molar-refractivity contribution in [3.05, 3.63) is 70.7 Å². The fourth-order valence-corrected chi connectivity index (χ4v) is 5.17. The first-order valence-electron chi connectivity index (χ1n) is 8.49. The second-order valence-corrected chi connectivity index (χ2v) is 8.28. The number of nitrogens with zero attached hydrogens (tertiary/aromatic N) is 2. The molecule has 2 heterocycles. The first kappa shape index (κ1) is 19.0. The normalized spacial score (nSPS) is 20.5. The van der Waals surface area contributed by atoms with E-state index in [0.717, 1.165) is 6.54 Å². The summed E-state index contributed by atoms with van der Waals surface area (Å²) in [5.74, 6) is -0.00282. The molecule has 6 heteroatoms. The first-order chi connectivity index (χ1) is 12.7. The zero-order valence-electron chi connectivity index (χ0n) is 14.7. The van der Waals surface area contributed by atoms with Crippen molar-refractivity contribution in [2.24, 2.45) is 0 Å². The molecule has 1 saturated heterocycles.